The SMILES string of the molecule is C#Cc1c(F)cc(C2[C@H](F)C[C@]3(COc4nc(N5C6CCC5CNC6)c5cnc(-c6cc(O)cc7cccc(F)c67)c(F)c5n4)CCCN23)c2cc(O)cc(-c3ncc4c(N5C6CCC5CNC6)nc(OC[C@@]56CCCN5C[C@H](F)C6)nc4c3F)c12. The molecule has 8 saturated heterocycles. The van der Waals surface area contributed by atoms with Gasteiger partial charge in [0.15, 0.2) is 11.6 Å². The Labute approximate surface area is 489 Å². The fraction of sp³-hybridized carbons (Fsp3) is 0.438. The predicted octanol–water partition coefficient (Wildman–Crippen LogP) is 9.49. The number of hydrogen-bond donors (Lipinski definition) is 4. The Kier molecular flexibility index (Phi) is 12.5. The van der Waals surface area contributed by atoms with Crippen molar-refractivity contribution in [1.29, 1.82) is 0 Å². The van der Waals surface area contributed by atoms with Crippen LogP contribution >= 0.6 is 0 Å². The lowest BCUT2D eigenvalue weighted by molar-refractivity contribution is 0.0831. The van der Waals surface area contributed by atoms with Crippen molar-refractivity contribution in [2.24, 2.45) is 0 Å². The highest BCUT2D eigenvalue weighted by molar-refractivity contribution is 6.05. The summed E-state index contributed by atoms with van der Waals surface area (Å²) < 4.78 is 114. The van der Waals surface area contributed by atoms with Gasteiger partial charge >= 0.3 is 12.0 Å². The summed E-state index contributed by atoms with van der Waals surface area (Å²) in [7, 11) is 0. The Bertz CT molecular complexity index is 4170. The molecule has 86 heavy (non-hydrogen) atoms. The highest BCUT2D eigenvalue weighted by Gasteiger charge is 2.56. The average molecular weight is 1180 g/mol. The summed E-state index contributed by atoms with van der Waals surface area (Å²) in [6.07, 6.45) is 12.9. The Hall–Kier alpha value is -7.84. The minimum absolute atomic E-state index is 0.0209. The summed E-state index contributed by atoms with van der Waals surface area (Å²) in [5.41, 5.74) is -2.43. The van der Waals surface area contributed by atoms with Crippen molar-refractivity contribution in [3.8, 4) is 58.4 Å². The number of rotatable bonds is 11. The number of nitrogens with one attached hydrogen (secondary N) is 2. The molecule has 0 aliphatic carbocycles. The standard InChI is InChI=1S/C64H60F6N12O4/c1-2-40-48(67)20-42(41-17-39(84)19-44(51(40)41)55-53(70)57-46(28-74-55)59(81-34-8-9-35(81)24-71-23-34)77-61(75-57)85-30-63-12-4-14-79(63)29-33(65)21-63)58-49(68)22-64(13-5-15-80(58)64)31-86-62-76-56-45(60(78-62)82-36-10-11-37(82)26-72-25-36)27-73-54(52(56)69)43-18-38(83)16-32-6-3-7-47(66)50(32)43/h1,3,6-7,16-20,27-28,33-37,49,58,71-72,83-84H,4-5,8-15,21-26,29-31H2/t33-,34?,35?,36?,37?,49-,58?,63+,64+/m1/s1. The Morgan fingerprint density at radius 2 is 1.22 bits per heavy atom. The molecule has 16 nitrogen and oxygen atoms in total. The molecule has 8 aliphatic heterocycles. The second-order valence-electron chi connectivity index (χ2n) is 25.0. The fourth-order valence-electron chi connectivity index (χ4n) is 16.6. The van der Waals surface area contributed by atoms with Crippen molar-refractivity contribution >= 4 is 55.0 Å². The molecule has 4 aromatic carbocycles. The Balaban J connectivity index is 0.773. The van der Waals surface area contributed by atoms with Crippen molar-refractivity contribution in [2.75, 3.05) is 68.8 Å². The van der Waals surface area contributed by atoms with Gasteiger partial charge < -0.3 is 40.1 Å². The van der Waals surface area contributed by atoms with Gasteiger partial charge in [0.1, 0.15) is 82.7 Å². The molecule has 16 rings (SSSR count). The molecule has 8 aromatic rings. The van der Waals surface area contributed by atoms with Crippen molar-refractivity contribution in [3.05, 3.63) is 95.3 Å². The zero-order chi connectivity index (χ0) is 58.5. The molecule has 5 unspecified atom stereocenters. The lowest BCUT2D eigenvalue weighted by Crippen LogP contribution is -2.52. The van der Waals surface area contributed by atoms with E-state index in [0.717, 1.165) is 45.1 Å². The molecule has 9 atom stereocenters. The minimum atomic E-state index is -1.63. The topological polar surface area (TPSA) is 173 Å². The number of aromatic hydroxyl groups is 2. The van der Waals surface area contributed by atoms with Crippen LogP contribution in [0.25, 0.3) is 65.9 Å². The minimum Gasteiger partial charge on any atom is -0.508 e. The lowest BCUT2D eigenvalue weighted by Gasteiger charge is -2.37. The molecule has 4 N–H and O–H groups in total. The molecule has 442 valence electrons. The average Bonchev–Trinajstić information content (AvgIpc) is 1.33. The van der Waals surface area contributed by atoms with Crippen LogP contribution in [0.15, 0.2) is 60.9 Å². The number of hydrogen-bond acceptors (Lipinski definition) is 16. The summed E-state index contributed by atoms with van der Waals surface area (Å²) in [5.74, 6) is -0.490. The van der Waals surface area contributed by atoms with E-state index in [2.05, 4.69) is 41.2 Å². The summed E-state index contributed by atoms with van der Waals surface area (Å²) in [5, 5.41) is 30.7. The van der Waals surface area contributed by atoms with Gasteiger partial charge in [0.05, 0.1) is 33.5 Å². The number of fused-ring (bicyclic) bond motifs is 10. The number of anilines is 2. The first-order valence-corrected chi connectivity index (χ1v) is 29.9. The van der Waals surface area contributed by atoms with Crippen LogP contribution in [0.4, 0.5) is 38.0 Å². The first-order valence-electron chi connectivity index (χ1n) is 29.9. The van der Waals surface area contributed by atoms with E-state index in [-0.39, 0.29) is 128 Å². The molecular weight excluding hydrogens is 1110 g/mol. The quantitative estimate of drug-likeness (QED) is 0.0712. The number of ether oxygens (including phenoxy) is 2. The fourth-order valence-corrected chi connectivity index (χ4v) is 16.6. The summed E-state index contributed by atoms with van der Waals surface area (Å²) in [6, 6.07) is 9.66. The first kappa shape index (κ1) is 53.6. The van der Waals surface area contributed by atoms with Crippen LogP contribution in [0.1, 0.15) is 81.4 Å². The van der Waals surface area contributed by atoms with Crippen molar-refractivity contribution < 1.29 is 46.0 Å². The number of nitrogens with zero attached hydrogens (tertiary/aromatic N) is 10. The number of piperazine rings is 2. The molecule has 12 heterocycles. The lowest BCUT2D eigenvalue weighted by atomic mass is 9.88. The molecule has 8 fully saturated rings. The maximum atomic E-state index is 18.0. The third-order valence-corrected chi connectivity index (χ3v) is 20.2. The molecule has 4 bridgehead atoms. The van der Waals surface area contributed by atoms with Gasteiger partial charge in [0.2, 0.25) is 0 Å². The second kappa shape index (κ2) is 20.1. The van der Waals surface area contributed by atoms with E-state index >= 15 is 22.0 Å². The number of pyridine rings is 2. The largest absolute Gasteiger partial charge is 0.508 e. The van der Waals surface area contributed by atoms with E-state index < -0.39 is 52.7 Å². The van der Waals surface area contributed by atoms with Crippen LogP contribution in [0.3, 0.4) is 0 Å². The van der Waals surface area contributed by atoms with E-state index in [1.165, 1.54) is 54.9 Å². The number of terminal acetylenes is 1. The number of alkyl halides is 2. The molecular formula is C64H60F6N12O4. The van der Waals surface area contributed by atoms with Crippen LogP contribution < -0.4 is 29.9 Å². The van der Waals surface area contributed by atoms with Crippen molar-refractivity contribution in [3.63, 3.8) is 0 Å². The van der Waals surface area contributed by atoms with Crippen molar-refractivity contribution in [1.82, 2.24) is 50.3 Å². The summed E-state index contributed by atoms with van der Waals surface area (Å²) in [4.78, 5) is 36.9. The van der Waals surface area contributed by atoms with Crippen LogP contribution in [-0.2, 0) is 0 Å². The highest BCUT2D eigenvalue weighted by atomic mass is 19.2. The zero-order valence-electron chi connectivity index (χ0n) is 46.8. The number of halogens is 6. The zero-order valence-corrected chi connectivity index (χ0v) is 46.8. The Morgan fingerprint density at radius 1 is 0.651 bits per heavy atom. The monoisotopic (exact) mass is 1170 g/mol. The summed E-state index contributed by atoms with van der Waals surface area (Å²) in [6.45, 7) is 4.09. The van der Waals surface area contributed by atoms with Crippen LogP contribution in [0, 0.1) is 35.6 Å². The predicted molar refractivity (Wildman–Crippen MR) is 311 cm³/mol. The first-order chi connectivity index (χ1) is 41.8. The molecule has 8 aliphatic rings. The number of phenols is 2. The second-order valence-corrected chi connectivity index (χ2v) is 25.0. The van der Waals surface area contributed by atoms with E-state index in [4.69, 9.17) is 35.8 Å². The van der Waals surface area contributed by atoms with E-state index in [1.54, 1.807) is 6.07 Å². The maximum Gasteiger partial charge on any atom is 0.319 e. The Morgan fingerprint density at radius 3 is 1.84 bits per heavy atom. The molecule has 0 amide bonds. The van der Waals surface area contributed by atoms with Crippen LogP contribution in [0.2, 0.25) is 0 Å². The van der Waals surface area contributed by atoms with E-state index in [9.17, 15) is 14.6 Å². The van der Waals surface area contributed by atoms with Gasteiger partial charge in [-0.3, -0.25) is 19.8 Å². The van der Waals surface area contributed by atoms with Gasteiger partial charge in [-0.1, -0.05) is 18.1 Å². The molecule has 4 aromatic heterocycles. The smallest absolute Gasteiger partial charge is 0.319 e. The van der Waals surface area contributed by atoms with Crippen molar-refractivity contribution in [2.45, 2.75) is 118 Å². The van der Waals surface area contributed by atoms with Gasteiger partial charge in [-0.05, 0) is 117 Å². The van der Waals surface area contributed by atoms with E-state index in [1.807, 2.05) is 4.90 Å². The molecule has 22 heteroatoms. The highest BCUT2D eigenvalue weighted by Crippen LogP contribution is 2.54. The third kappa shape index (κ3) is 8.26. The molecule has 0 saturated carbocycles. The van der Waals surface area contributed by atoms with Gasteiger partial charge in [-0.15, -0.1) is 6.42 Å². The van der Waals surface area contributed by atoms with Crippen LogP contribution in [-0.4, -0.2) is 157 Å². The summed E-state index contributed by atoms with van der Waals surface area (Å²) >= 11 is 0. The van der Waals surface area contributed by atoms with Gasteiger partial charge in [-0.2, -0.15) is 19.9 Å². The maximum absolute atomic E-state index is 18.0. The number of benzene rings is 4. The van der Waals surface area contributed by atoms with Gasteiger partial charge in [0, 0.05) is 104 Å². The van der Waals surface area contributed by atoms with Crippen LogP contribution in [0.5, 0.6) is 23.5 Å². The third-order valence-electron chi connectivity index (χ3n) is 20.2. The van der Waals surface area contributed by atoms with Gasteiger partial charge in [-0.25, -0.2) is 26.3 Å². The molecule has 0 spiro atoms. The van der Waals surface area contributed by atoms with Gasteiger partial charge in [0.25, 0.3) is 0 Å². The molecule has 0 radical (unpaired) electrons. The number of phenolic OH excluding ortho intramolecular Hbond substituents is 2. The number of aromatic nitrogens is 6. The normalized spacial score (nSPS) is 27.9. The van der Waals surface area contributed by atoms with E-state index in [0.29, 0.717) is 86.3 Å².